The molecule has 0 radical (unpaired) electrons. The number of benzene rings is 1. The Morgan fingerprint density at radius 1 is 1.37 bits per heavy atom. The van der Waals surface area contributed by atoms with Crippen LogP contribution < -0.4 is 0 Å². The van der Waals surface area contributed by atoms with E-state index in [1.807, 2.05) is 31.2 Å². The summed E-state index contributed by atoms with van der Waals surface area (Å²) in [7, 11) is 0. The highest BCUT2D eigenvalue weighted by Gasteiger charge is 2.06. The third kappa shape index (κ3) is 4.71. The van der Waals surface area contributed by atoms with E-state index in [1.165, 1.54) is 11.5 Å². The van der Waals surface area contributed by atoms with Crippen LogP contribution in [-0.2, 0) is 0 Å². The first-order valence-electron chi connectivity index (χ1n) is 5.87. The number of rotatable bonds is 6. The smallest absolute Gasteiger partial charge is 0.170 e. The van der Waals surface area contributed by atoms with E-state index in [0.717, 1.165) is 32.4 Å². The van der Waals surface area contributed by atoms with Crippen molar-refractivity contribution in [2.75, 3.05) is 5.75 Å². The molecule has 2 rings (SSSR count). The van der Waals surface area contributed by atoms with Crippen LogP contribution in [0.4, 0.5) is 0 Å². The van der Waals surface area contributed by atoms with Gasteiger partial charge in [-0.25, -0.2) is 4.98 Å². The predicted molar refractivity (Wildman–Crippen MR) is 83.1 cm³/mol. The molecule has 0 amide bonds. The fourth-order valence-electron chi connectivity index (χ4n) is 1.51. The van der Waals surface area contributed by atoms with E-state index in [9.17, 15) is 4.79 Å². The van der Waals surface area contributed by atoms with Gasteiger partial charge in [0.05, 0.1) is 0 Å². The molecule has 0 aliphatic heterocycles. The summed E-state index contributed by atoms with van der Waals surface area (Å²) in [5, 5.41) is 0. The Bertz CT molecular complexity index is 554. The molecule has 19 heavy (non-hydrogen) atoms. The average Bonchev–Trinajstić information content (AvgIpc) is 2.81. The Labute approximate surface area is 129 Å². The Balaban J connectivity index is 1.73. The molecule has 0 atom stereocenters. The molecule has 1 heterocycles. The van der Waals surface area contributed by atoms with Gasteiger partial charge in [0.1, 0.15) is 5.82 Å². The Morgan fingerprint density at radius 3 is 2.74 bits per heavy atom. The van der Waals surface area contributed by atoms with Gasteiger partial charge in [0.15, 0.2) is 10.1 Å². The highest BCUT2D eigenvalue weighted by Crippen LogP contribution is 2.21. The number of nitrogens with zero attached hydrogens (tertiary/aromatic N) is 2. The topological polar surface area (TPSA) is 42.9 Å². The van der Waals surface area contributed by atoms with Crippen LogP contribution in [0.1, 0.15) is 29.0 Å². The molecule has 1 aromatic carbocycles. The first kappa shape index (κ1) is 14.7. The quantitative estimate of drug-likeness (QED) is 0.438. The Kier molecular flexibility index (Phi) is 5.54. The monoisotopic (exact) mass is 356 g/mol. The summed E-state index contributed by atoms with van der Waals surface area (Å²) >= 11 is 6.44. The zero-order valence-corrected chi connectivity index (χ0v) is 13.6. The number of thioether (sulfide) groups is 1. The molecule has 6 heteroatoms. The highest BCUT2D eigenvalue weighted by molar-refractivity contribution is 9.10. The van der Waals surface area contributed by atoms with E-state index in [1.54, 1.807) is 11.8 Å². The molecule has 0 bridgehead atoms. The summed E-state index contributed by atoms with van der Waals surface area (Å²) in [5.41, 5.74) is 0.778. The van der Waals surface area contributed by atoms with Gasteiger partial charge in [-0.05, 0) is 37.0 Å². The van der Waals surface area contributed by atoms with Gasteiger partial charge >= 0.3 is 0 Å². The van der Waals surface area contributed by atoms with Crippen molar-refractivity contribution in [1.82, 2.24) is 9.36 Å². The summed E-state index contributed by atoms with van der Waals surface area (Å²) in [6.45, 7) is 1.89. The molecule has 0 aliphatic carbocycles. The predicted octanol–water partition coefficient (Wildman–Crippen LogP) is 4.36. The van der Waals surface area contributed by atoms with E-state index in [4.69, 9.17) is 0 Å². The highest BCUT2D eigenvalue weighted by atomic mass is 79.9. The normalized spacial score (nSPS) is 10.6. The summed E-state index contributed by atoms with van der Waals surface area (Å²) in [6, 6.07) is 7.50. The second kappa shape index (κ2) is 7.17. The number of Topliss-reactive ketones (excluding diaryl/α,β-unsaturated/α-hetero) is 1. The molecule has 1 aromatic heterocycles. The average molecular weight is 357 g/mol. The molecular weight excluding hydrogens is 344 g/mol. The van der Waals surface area contributed by atoms with Crippen LogP contribution >= 0.6 is 39.2 Å². The molecule has 0 spiro atoms. The van der Waals surface area contributed by atoms with Gasteiger partial charge in [-0.15, -0.1) is 0 Å². The van der Waals surface area contributed by atoms with E-state index < -0.39 is 0 Å². The number of carbonyl (C=O) groups excluding carboxylic acids is 1. The van der Waals surface area contributed by atoms with Crippen molar-refractivity contribution >= 4 is 45.0 Å². The molecule has 0 fully saturated rings. The molecule has 0 unspecified atom stereocenters. The van der Waals surface area contributed by atoms with Crippen LogP contribution in [-0.4, -0.2) is 20.9 Å². The Morgan fingerprint density at radius 2 is 2.11 bits per heavy atom. The van der Waals surface area contributed by atoms with Crippen LogP contribution in [0.3, 0.4) is 0 Å². The van der Waals surface area contributed by atoms with Crippen molar-refractivity contribution in [3.05, 3.63) is 40.1 Å². The van der Waals surface area contributed by atoms with E-state index in [2.05, 4.69) is 25.3 Å². The summed E-state index contributed by atoms with van der Waals surface area (Å²) in [5.74, 6) is 1.91. The maximum atomic E-state index is 11.9. The van der Waals surface area contributed by atoms with E-state index in [0.29, 0.717) is 6.42 Å². The van der Waals surface area contributed by atoms with Crippen LogP contribution in [0, 0.1) is 6.92 Å². The maximum absolute atomic E-state index is 11.9. The standard InChI is InChI=1S/C13H13BrN2OS2/c1-9-15-13(19-16-9)18-8-2-3-12(17)10-4-6-11(14)7-5-10/h4-7H,2-3,8H2,1H3. The fourth-order valence-corrected chi connectivity index (χ4v) is 3.43. The zero-order valence-electron chi connectivity index (χ0n) is 10.4. The van der Waals surface area contributed by atoms with Crippen molar-refractivity contribution in [3.8, 4) is 0 Å². The first-order chi connectivity index (χ1) is 9.15. The molecule has 0 saturated carbocycles. The lowest BCUT2D eigenvalue weighted by Crippen LogP contribution is -1.99. The second-order valence-electron chi connectivity index (χ2n) is 3.99. The summed E-state index contributed by atoms with van der Waals surface area (Å²) in [4.78, 5) is 16.2. The Hall–Kier alpha value is -0.720. The third-order valence-corrected chi connectivity index (χ3v) is 4.99. The second-order valence-corrected chi connectivity index (χ2v) is 7.00. The van der Waals surface area contributed by atoms with E-state index in [-0.39, 0.29) is 5.78 Å². The van der Waals surface area contributed by atoms with Crippen LogP contribution in [0.5, 0.6) is 0 Å². The van der Waals surface area contributed by atoms with Gasteiger partial charge in [-0.3, -0.25) is 4.79 Å². The molecule has 3 nitrogen and oxygen atoms in total. The molecular formula is C13H13BrN2OS2. The minimum absolute atomic E-state index is 0.196. The summed E-state index contributed by atoms with van der Waals surface area (Å²) in [6.07, 6.45) is 1.44. The van der Waals surface area contributed by atoms with Crippen molar-refractivity contribution in [2.45, 2.75) is 24.1 Å². The largest absolute Gasteiger partial charge is 0.294 e. The van der Waals surface area contributed by atoms with Gasteiger partial charge in [0, 0.05) is 22.2 Å². The number of aromatic nitrogens is 2. The number of hydrogen-bond acceptors (Lipinski definition) is 5. The van der Waals surface area contributed by atoms with E-state index >= 15 is 0 Å². The lowest BCUT2D eigenvalue weighted by molar-refractivity contribution is 0.0982. The molecule has 0 saturated heterocycles. The molecule has 0 aliphatic rings. The van der Waals surface area contributed by atoms with Gasteiger partial charge < -0.3 is 0 Å². The zero-order chi connectivity index (χ0) is 13.7. The third-order valence-electron chi connectivity index (χ3n) is 2.45. The van der Waals surface area contributed by atoms with Crippen molar-refractivity contribution in [2.24, 2.45) is 0 Å². The lowest BCUT2D eigenvalue weighted by Gasteiger charge is -2.00. The van der Waals surface area contributed by atoms with Crippen LogP contribution in [0.25, 0.3) is 0 Å². The van der Waals surface area contributed by atoms with Crippen molar-refractivity contribution in [1.29, 1.82) is 0 Å². The SMILES string of the molecule is Cc1nsc(SCCCC(=O)c2ccc(Br)cc2)n1. The van der Waals surface area contributed by atoms with Crippen LogP contribution in [0.2, 0.25) is 0 Å². The first-order valence-corrected chi connectivity index (χ1v) is 8.42. The minimum atomic E-state index is 0.196. The van der Waals surface area contributed by atoms with Gasteiger partial charge in [0.25, 0.3) is 0 Å². The number of halogens is 1. The van der Waals surface area contributed by atoms with Crippen molar-refractivity contribution in [3.63, 3.8) is 0 Å². The molecule has 2 aromatic rings. The number of carbonyl (C=O) groups is 1. The fraction of sp³-hybridized carbons (Fsp3) is 0.308. The number of hydrogen-bond donors (Lipinski definition) is 0. The lowest BCUT2D eigenvalue weighted by atomic mass is 10.1. The van der Waals surface area contributed by atoms with Gasteiger partial charge in [-0.1, -0.05) is 39.8 Å². The van der Waals surface area contributed by atoms with Gasteiger partial charge in [-0.2, -0.15) is 4.37 Å². The summed E-state index contributed by atoms with van der Waals surface area (Å²) < 4.78 is 6.10. The molecule has 100 valence electrons. The maximum Gasteiger partial charge on any atom is 0.170 e. The molecule has 0 N–H and O–H groups in total. The number of aryl methyl sites for hydroxylation is 1. The minimum Gasteiger partial charge on any atom is -0.294 e. The van der Waals surface area contributed by atoms with Crippen LogP contribution in [0.15, 0.2) is 33.1 Å². The van der Waals surface area contributed by atoms with Crippen molar-refractivity contribution < 1.29 is 4.79 Å². The number of ketones is 1. The van der Waals surface area contributed by atoms with Gasteiger partial charge in [0.2, 0.25) is 0 Å².